The molecule has 28 heavy (non-hydrogen) atoms. The third kappa shape index (κ3) is 6.85. The molecule has 0 fully saturated rings. The molecule has 0 aromatic heterocycles. The van der Waals surface area contributed by atoms with Gasteiger partial charge in [-0.15, -0.1) is 0 Å². The molecule has 2 aromatic carbocycles. The molecule has 0 bridgehead atoms. The SMILES string of the molecule is CC(=O)Nc1cccc(NC(=O)C(=O)NCCC(CCO)c2ccccc2)c1. The summed E-state index contributed by atoms with van der Waals surface area (Å²) in [7, 11) is 0. The Kier molecular flexibility index (Phi) is 8.17. The summed E-state index contributed by atoms with van der Waals surface area (Å²) >= 11 is 0. The number of benzene rings is 2. The monoisotopic (exact) mass is 383 g/mol. The van der Waals surface area contributed by atoms with Gasteiger partial charge in [-0.2, -0.15) is 0 Å². The lowest BCUT2D eigenvalue weighted by Gasteiger charge is -2.16. The van der Waals surface area contributed by atoms with Crippen LogP contribution in [0.1, 0.15) is 31.2 Å². The van der Waals surface area contributed by atoms with E-state index in [1.54, 1.807) is 24.3 Å². The van der Waals surface area contributed by atoms with Crippen molar-refractivity contribution in [1.82, 2.24) is 5.32 Å². The molecule has 0 heterocycles. The summed E-state index contributed by atoms with van der Waals surface area (Å²) in [4.78, 5) is 35.2. The van der Waals surface area contributed by atoms with Crippen molar-refractivity contribution in [2.45, 2.75) is 25.7 Å². The lowest BCUT2D eigenvalue weighted by atomic mass is 9.93. The molecule has 7 heteroatoms. The molecule has 0 aliphatic heterocycles. The number of amides is 3. The average Bonchev–Trinajstić information content (AvgIpc) is 2.67. The van der Waals surface area contributed by atoms with Gasteiger partial charge in [0.25, 0.3) is 0 Å². The van der Waals surface area contributed by atoms with E-state index in [4.69, 9.17) is 0 Å². The van der Waals surface area contributed by atoms with Crippen LogP contribution < -0.4 is 16.0 Å². The van der Waals surface area contributed by atoms with Crippen LogP contribution in [0.4, 0.5) is 11.4 Å². The Bertz CT molecular complexity index is 808. The van der Waals surface area contributed by atoms with Gasteiger partial charge in [-0.25, -0.2) is 0 Å². The summed E-state index contributed by atoms with van der Waals surface area (Å²) in [5.74, 6) is -1.64. The van der Waals surface area contributed by atoms with E-state index in [1.807, 2.05) is 30.3 Å². The zero-order valence-electron chi connectivity index (χ0n) is 15.8. The van der Waals surface area contributed by atoms with Gasteiger partial charge in [0.05, 0.1) is 0 Å². The van der Waals surface area contributed by atoms with Gasteiger partial charge in [-0.3, -0.25) is 14.4 Å². The Morgan fingerprint density at radius 1 is 0.893 bits per heavy atom. The van der Waals surface area contributed by atoms with Gasteiger partial charge in [-0.1, -0.05) is 36.4 Å². The molecule has 1 atom stereocenters. The Balaban J connectivity index is 1.85. The van der Waals surface area contributed by atoms with Crippen molar-refractivity contribution in [3.8, 4) is 0 Å². The fourth-order valence-electron chi connectivity index (χ4n) is 2.86. The number of hydrogen-bond acceptors (Lipinski definition) is 4. The van der Waals surface area contributed by atoms with Crippen LogP contribution in [0.25, 0.3) is 0 Å². The maximum Gasteiger partial charge on any atom is 0.313 e. The fraction of sp³-hybridized carbons (Fsp3) is 0.286. The second kappa shape index (κ2) is 10.8. The minimum Gasteiger partial charge on any atom is -0.396 e. The maximum atomic E-state index is 12.1. The molecule has 0 aliphatic carbocycles. The van der Waals surface area contributed by atoms with Crippen LogP contribution in [0.2, 0.25) is 0 Å². The van der Waals surface area contributed by atoms with Crippen molar-refractivity contribution in [1.29, 1.82) is 0 Å². The van der Waals surface area contributed by atoms with E-state index >= 15 is 0 Å². The van der Waals surface area contributed by atoms with Gasteiger partial charge in [0.15, 0.2) is 0 Å². The first kappa shape index (κ1) is 21.1. The summed E-state index contributed by atoms with van der Waals surface area (Å²) in [5, 5.41) is 17.0. The van der Waals surface area contributed by atoms with Crippen LogP contribution in [0.5, 0.6) is 0 Å². The molecule has 7 nitrogen and oxygen atoms in total. The third-order valence-electron chi connectivity index (χ3n) is 4.17. The van der Waals surface area contributed by atoms with Crippen LogP contribution in [0.15, 0.2) is 54.6 Å². The molecule has 0 radical (unpaired) electrons. The molecule has 1 unspecified atom stereocenters. The number of anilines is 2. The van der Waals surface area contributed by atoms with E-state index in [2.05, 4.69) is 16.0 Å². The first-order chi connectivity index (χ1) is 13.5. The number of rotatable bonds is 8. The van der Waals surface area contributed by atoms with Crippen LogP contribution in [0.3, 0.4) is 0 Å². The first-order valence-electron chi connectivity index (χ1n) is 9.12. The molecule has 3 amide bonds. The number of carbonyl (C=O) groups excluding carboxylic acids is 3. The highest BCUT2D eigenvalue weighted by Crippen LogP contribution is 2.22. The average molecular weight is 383 g/mol. The van der Waals surface area contributed by atoms with Gasteiger partial charge in [0.2, 0.25) is 5.91 Å². The summed E-state index contributed by atoms with van der Waals surface area (Å²) < 4.78 is 0. The minimum absolute atomic E-state index is 0.0542. The molecule has 0 spiro atoms. The van der Waals surface area contributed by atoms with E-state index in [0.29, 0.717) is 30.8 Å². The Morgan fingerprint density at radius 3 is 2.21 bits per heavy atom. The summed E-state index contributed by atoms with van der Waals surface area (Å²) in [6.07, 6.45) is 1.20. The Morgan fingerprint density at radius 2 is 1.57 bits per heavy atom. The quantitative estimate of drug-likeness (QED) is 0.525. The molecule has 2 rings (SSSR count). The van der Waals surface area contributed by atoms with Crippen molar-refractivity contribution in [2.75, 3.05) is 23.8 Å². The van der Waals surface area contributed by atoms with Crippen LogP contribution >= 0.6 is 0 Å². The molecule has 4 N–H and O–H groups in total. The number of nitrogens with one attached hydrogen (secondary N) is 3. The molecular weight excluding hydrogens is 358 g/mol. The van der Waals surface area contributed by atoms with Crippen molar-refractivity contribution in [2.24, 2.45) is 0 Å². The molecule has 2 aromatic rings. The van der Waals surface area contributed by atoms with Crippen molar-refractivity contribution >= 4 is 29.1 Å². The predicted octanol–water partition coefficient (Wildman–Crippen LogP) is 2.26. The van der Waals surface area contributed by atoms with Gasteiger partial charge >= 0.3 is 11.8 Å². The molecule has 0 saturated carbocycles. The molecule has 148 valence electrons. The lowest BCUT2D eigenvalue weighted by molar-refractivity contribution is -0.136. The Hall–Kier alpha value is -3.19. The van der Waals surface area contributed by atoms with E-state index < -0.39 is 11.8 Å². The molecule has 0 aliphatic rings. The summed E-state index contributed by atoms with van der Waals surface area (Å²) in [5.41, 5.74) is 2.03. The fourth-order valence-corrected chi connectivity index (χ4v) is 2.86. The van der Waals surface area contributed by atoms with Gasteiger partial charge in [-0.05, 0) is 42.5 Å². The number of hydrogen-bond donors (Lipinski definition) is 4. The largest absolute Gasteiger partial charge is 0.396 e. The van der Waals surface area contributed by atoms with Gasteiger partial charge in [0.1, 0.15) is 0 Å². The highest BCUT2D eigenvalue weighted by Gasteiger charge is 2.16. The van der Waals surface area contributed by atoms with Gasteiger partial charge in [0, 0.05) is 31.5 Å². The molecule has 0 saturated heterocycles. The predicted molar refractivity (Wildman–Crippen MR) is 108 cm³/mol. The second-order valence-corrected chi connectivity index (χ2v) is 6.38. The lowest BCUT2D eigenvalue weighted by Crippen LogP contribution is -2.36. The zero-order chi connectivity index (χ0) is 20.4. The first-order valence-corrected chi connectivity index (χ1v) is 9.12. The van der Waals surface area contributed by atoms with E-state index in [1.165, 1.54) is 6.92 Å². The van der Waals surface area contributed by atoms with E-state index in [-0.39, 0.29) is 18.4 Å². The smallest absolute Gasteiger partial charge is 0.313 e. The summed E-state index contributed by atoms with van der Waals surface area (Å²) in [6.45, 7) is 1.76. The number of aliphatic hydroxyl groups excluding tert-OH is 1. The van der Waals surface area contributed by atoms with Crippen LogP contribution in [0, 0.1) is 0 Å². The maximum absolute atomic E-state index is 12.1. The summed E-state index contributed by atoms with van der Waals surface area (Å²) in [6, 6.07) is 16.3. The molecular formula is C21H25N3O4. The minimum atomic E-state index is -0.779. The van der Waals surface area contributed by atoms with Crippen molar-refractivity contribution in [3.05, 3.63) is 60.2 Å². The Labute approximate surface area is 164 Å². The zero-order valence-corrected chi connectivity index (χ0v) is 15.8. The highest BCUT2D eigenvalue weighted by atomic mass is 16.3. The van der Waals surface area contributed by atoms with Crippen LogP contribution in [-0.4, -0.2) is 36.0 Å². The van der Waals surface area contributed by atoms with Crippen LogP contribution in [-0.2, 0) is 14.4 Å². The highest BCUT2D eigenvalue weighted by molar-refractivity contribution is 6.39. The number of aliphatic hydroxyl groups is 1. The third-order valence-corrected chi connectivity index (χ3v) is 4.17. The number of carbonyl (C=O) groups is 3. The normalized spacial score (nSPS) is 11.4. The van der Waals surface area contributed by atoms with E-state index in [9.17, 15) is 19.5 Å². The standard InChI is InChI=1S/C21H25N3O4/c1-15(26)23-18-8-5-9-19(14-18)24-21(28)20(27)22-12-10-17(11-13-25)16-6-3-2-4-7-16/h2-9,14,17,25H,10-13H2,1H3,(H,22,27)(H,23,26)(H,24,28). The topological polar surface area (TPSA) is 108 Å². The van der Waals surface area contributed by atoms with Crippen molar-refractivity contribution in [3.63, 3.8) is 0 Å². The van der Waals surface area contributed by atoms with Crippen molar-refractivity contribution < 1.29 is 19.5 Å². The second-order valence-electron chi connectivity index (χ2n) is 6.38. The van der Waals surface area contributed by atoms with Gasteiger partial charge < -0.3 is 21.1 Å². The van der Waals surface area contributed by atoms with E-state index in [0.717, 1.165) is 5.56 Å².